The van der Waals surface area contributed by atoms with E-state index in [0.29, 0.717) is 17.5 Å². The maximum atomic E-state index is 12.0. The summed E-state index contributed by atoms with van der Waals surface area (Å²) in [6, 6.07) is 1.57. The van der Waals surface area contributed by atoms with E-state index in [1.165, 1.54) is 16.3 Å². The normalized spacial score (nSPS) is 11.3. The minimum Gasteiger partial charge on any atom is -0.310 e. The summed E-state index contributed by atoms with van der Waals surface area (Å²) in [6.45, 7) is 2.50. The Hall–Kier alpha value is -2.09. The summed E-state index contributed by atoms with van der Waals surface area (Å²) < 4.78 is 5.06. The van der Waals surface area contributed by atoms with Gasteiger partial charge in [-0.2, -0.15) is 14.6 Å². The predicted molar refractivity (Wildman–Crippen MR) is 76.1 cm³/mol. The lowest BCUT2D eigenvalue weighted by atomic mass is 10.3. The summed E-state index contributed by atoms with van der Waals surface area (Å²) in [7, 11) is 1.88. The molecule has 0 N–H and O–H groups in total. The highest BCUT2D eigenvalue weighted by Gasteiger charge is 2.12. The van der Waals surface area contributed by atoms with Gasteiger partial charge in [-0.15, -0.1) is 5.10 Å². The van der Waals surface area contributed by atoms with Gasteiger partial charge in [0.2, 0.25) is 10.9 Å². The highest BCUT2D eigenvalue weighted by molar-refractivity contribution is 7.98. The van der Waals surface area contributed by atoms with E-state index in [1.54, 1.807) is 16.9 Å². The second-order valence-corrected chi connectivity index (χ2v) is 5.32. The summed E-state index contributed by atoms with van der Waals surface area (Å²) in [4.78, 5) is 16.4. The quantitative estimate of drug-likeness (QED) is 0.664. The maximum absolute atomic E-state index is 12.0. The molecule has 7 nitrogen and oxygen atoms in total. The third-order valence-electron chi connectivity index (χ3n) is 3.06. The second kappa shape index (κ2) is 4.78. The van der Waals surface area contributed by atoms with Crippen molar-refractivity contribution in [1.29, 1.82) is 0 Å². The lowest BCUT2D eigenvalue weighted by Crippen LogP contribution is -2.20. The topological polar surface area (TPSA) is 70.0 Å². The third-order valence-corrected chi connectivity index (χ3v) is 3.60. The lowest BCUT2D eigenvalue weighted by molar-refractivity contribution is 0.726. The van der Waals surface area contributed by atoms with E-state index in [4.69, 9.17) is 0 Å². The summed E-state index contributed by atoms with van der Waals surface area (Å²) in [5.41, 5.74) is 1.74. The molecule has 0 aliphatic rings. The maximum Gasteiger partial charge on any atom is 0.275 e. The fourth-order valence-corrected chi connectivity index (χ4v) is 2.44. The largest absolute Gasteiger partial charge is 0.310 e. The van der Waals surface area contributed by atoms with Crippen molar-refractivity contribution in [2.45, 2.75) is 18.6 Å². The van der Waals surface area contributed by atoms with Gasteiger partial charge in [0.25, 0.3) is 5.56 Å². The van der Waals surface area contributed by atoms with Crippen LogP contribution in [0, 0.1) is 6.92 Å². The monoisotopic (exact) mass is 290 g/mol. The van der Waals surface area contributed by atoms with Gasteiger partial charge in [-0.1, -0.05) is 11.8 Å². The first-order valence-electron chi connectivity index (χ1n) is 6.07. The van der Waals surface area contributed by atoms with Crippen molar-refractivity contribution in [1.82, 2.24) is 28.9 Å². The number of hydrogen-bond donors (Lipinski definition) is 0. The Kier molecular flexibility index (Phi) is 3.09. The van der Waals surface area contributed by atoms with Crippen molar-refractivity contribution in [2.24, 2.45) is 7.05 Å². The SMILES string of the molecule is CSc1nc2n(Cc3cnn(C)c3)c(C)cc(=O)n2n1. The number of aryl methyl sites for hydroxylation is 2. The van der Waals surface area contributed by atoms with Gasteiger partial charge in [0.05, 0.1) is 12.7 Å². The predicted octanol–water partition coefficient (Wildman–Crippen LogP) is 0.703. The zero-order chi connectivity index (χ0) is 14.3. The highest BCUT2D eigenvalue weighted by Crippen LogP contribution is 2.12. The van der Waals surface area contributed by atoms with Crippen molar-refractivity contribution in [3.05, 3.63) is 40.1 Å². The minimum absolute atomic E-state index is 0.160. The first kappa shape index (κ1) is 12.9. The summed E-state index contributed by atoms with van der Waals surface area (Å²) >= 11 is 1.42. The third kappa shape index (κ3) is 2.11. The van der Waals surface area contributed by atoms with Crippen LogP contribution in [0.4, 0.5) is 0 Å². The van der Waals surface area contributed by atoms with E-state index in [1.807, 2.05) is 31.0 Å². The summed E-state index contributed by atoms with van der Waals surface area (Å²) in [5.74, 6) is 0.559. The molecule has 0 radical (unpaired) electrons. The molecule has 0 saturated heterocycles. The molecule has 0 aliphatic heterocycles. The van der Waals surface area contributed by atoms with Crippen LogP contribution >= 0.6 is 11.8 Å². The van der Waals surface area contributed by atoms with Gasteiger partial charge in [-0.05, 0) is 13.2 Å². The molecule has 0 saturated carbocycles. The standard InChI is InChI=1S/C12H14N6OS/c1-8-4-10(19)18-12(14-11(15-18)20-3)17(8)7-9-5-13-16(2)6-9/h4-6H,7H2,1-3H3. The number of aromatic nitrogens is 6. The van der Waals surface area contributed by atoms with E-state index in [0.717, 1.165) is 11.3 Å². The molecule has 0 atom stereocenters. The smallest absolute Gasteiger partial charge is 0.275 e. The molecule has 0 bridgehead atoms. The van der Waals surface area contributed by atoms with Gasteiger partial charge in [0, 0.05) is 30.6 Å². The molecule has 3 heterocycles. The summed E-state index contributed by atoms with van der Waals surface area (Å²) in [5, 5.41) is 8.94. The zero-order valence-electron chi connectivity index (χ0n) is 11.4. The lowest BCUT2D eigenvalue weighted by Gasteiger charge is -2.09. The van der Waals surface area contributed by atoms with E-state index in [2.05, 4.69) is 15.2 Å². The molecular weight excluding hydrogens is 276 g/mol. The molecule has 104 valence electrons. The molecule has 3 aromatic heterocycles. The van der Waals surface area contributed by atoms with Gasteiger partial charge < -0.3 is 4.57 Å². The van der Waals surface area contributed by atoms with Crippen LogP contribution in [0.3, 0.4) is 0 Å². The molecule has 8 heteroatoms. The fourth-order valence-electron chi connectivity index (χ4n) is 2.10. The Morgan fingerprint density at radius 2 is 2.20 bits per heavy atom. The molecule has 0 fully saturated rings. The van der Waals surface area contributed by atoms with Crippen LogP contribution in [-0.4, -0.2) is 35.2 Å². The molecule has 0 aliphatic carbocycles. The Morgan fingerprint density at radius 1 is 1.40 bits per heavy atom. The Morgan fingerprint density at radius 3 is 2.85 bits per heavy atom. The fraction of sp³-hybridized carbons (Fsp3) is 0.333. The van der Waals surface area contributed by atoms with E-state index < -0.39 is 0 Å². The van der Waals surface area contributed by atoms with Crippen molar-refractivity contribution in [2.75, 3.05) is 6.26 Å². The van der Waals surface area contributed by atoms with Crippen molar-refractivity contribution >= 4 is 17.5 Å². The molecule has 0 unspecified atom stereocenters. The van der Waals surface area contributed by atoms with Gasteiger partial charge in [-0.25, -0.2) is 0 Å². The average Bonchev–Trinajstić information content (AvgIpc) is 3.01. The second-order valence-electron chi connectivity index (χ2n) is 4.54. The average molecular weight is 290 g/mol. The van der Waals surface area contributed by atoms with Crippen LogP contribution in [0.2, 0.25) is 0 Å². The van der Waals surface area contributed by atoms with E-state index in [9.17, 15) is 4.79 Å². The number of thioether (sulfide) groups is 1. The van der Waals surface area contributed by atoms with E-state index >= 15 is 0 Å². The van der Waals surface area contributed by atoms with Gasteiger partial charge in [0.15, 0.2) is 0 Å². The molecular formula is C12H14N6OS. The zero-order valence-corrected chi connectivity index (χ0v) is 12.3. The first-order chi connectivity index (χ1) is 9.58. The van der Waals surface area contributed by atoms with Gasteiger partial charge in [-0.3, -0.25) is 9.48 Å². The van der Waals surface area contributed by atoms with Crippen molar-refractivity contribution in [3.63, 3.8) is 0 Å². The number of fused-ring (bicyclic) bond motifs is 1. The van der Waals surface area contributed by atoms with Crippen LogP contribution in [0.1, 0.15) is 11.3 Å². The number of nitrogens with zero attached hydrogens (tertiary/aromatic N) is 6. The van der Waals surface area contributed by atoms with Crippen LogP contribution in [0.5, 0.6) is 0 Å². The van der Waals surface area contributed by atoms with Crippen LogP contribution in [0.15, 0.2) is 28.4 Å². The molecule has 20 heavy (non-hydrogen) atoms. The molecule has 0 spiro atoms. The molecule has 0 amide bonds. The van der Waals surface area contributed by atoms with E-state index in [-0.39, 0.29) is 5.56 Å². The Balaban J connectivity index is 2.18. The Labute approximate surface area is 119 Å². The first-order valence-corrected chi connectivity index (χ1v) is 7.29. The van der Waals surface area contributed by atoms with Gasteiger partial charge >= 0.3 is 0 Å². The molecule has 3 aromatic rings. The Bertz CT molecular complexity index is 830. The minimum atomic E-state index is -0.160. The van der Waals surface area contributed by atoms with Crippen LogP contribution < -0.4 is 5.56 Å². The van der Waals surface area contributed by atoms with Crippen LogP contribution in [0.25, 0.3) is 5.78 Å². The number of rotatable bonds is 3. The highest BCUT2D eigenvalue weighted by atomic mass is 32.2. The number of hydrogen-bond acceptors (Lipinski definition) is 5. The summed E-state index contributed by atoms with van der Waals surface area (Å²) in [6.07, 6.45) is 5.64. The van der Waals surface area contributed by atoms with Gasteiger partial charge in [0.1, 0.15) is 0 Å². The molecule has 0 aromatic carbocycles. The van der Waals surface area contributed by atoms with Crippen molar-refractivity contribution < 1.29 is 0 Å². The van der Waals surface area contributed by atoms with Crippen molar-refractivity contribution in [3.8, 4) is 0 Å². The molecule has 3 rings (SSSR count). The van der Waals surface area contributed by atoms with Crippen LogP contribution in [-0.2, 0) is 13.6 Å².